The predicted molar refractivity (Wildman–Crippen MR) is 97.4 cm³/mol. The van der Waals surface area contributed by atoms with Crippen LogP contribution >= 0.6 is 11.8 Å². The fourth-order valence-corrected chi connectivity index (χ4v) is 2.86. The Balaban J connectivity index is 1.67. The number of carbonyl (C=O) groups is 1. The quantitative estimate of drug-likeness (QED) is 0.672. The fourth-order valence-electron chi connectivity index (χ4n) is 2.10. The highest BCUT2D eigenvalue weighted by atomic mass is 32.2. The molecular weight excluding hydrogens is 322 g/mol. The largest absolute Gasteiger partial charge is 0.488 e. The van der Waals surface area contributed by atoms with E-state index >= 15 is 0 Å². The Morgan fingerprint density at radius 3 is 2.67 bits per heavy atom. The number of hydrogen-bond donors (Lipinski definition) is 1. The number of amides is 1. The van der Waals surface area contributed by atoms with Gasteiger partial charge >= 0.3 is 0 Å². The Morgan fingerprint density at radius 2 is 1.92 bits per heavy atom. The van der Waals surface area contributed by atoms with Gasteiger partial charge in [0.05, 0.1) is 11.5 Å². The van der Waals surface area contributed by atoms with Crippen molar-refractivity contribution in [3.05, 3.63) is 65.7 Å². The number of ether oxygens (including phenoxy) is 1. The monoisotopic (exact) mass is 339 g/mol. The molecule has 1 amide bonds. The molecule has 3 rings (SSSR count). The number of nitrogens with one attached hydrogen (secondary N) is 1. The molecule has 1 heterocycles. The highest BCUT2D eigenvalue weighted by molar-refractivity contribution is 8.15. The maximum absolute atomic E-state index is 11.4. The van der Waals surface area contributed by atoms with Crippen LogP contribution in [0.1, 0.15) is 18.1 Å². The van der Waals surface area contributed by atoms with Crippen LogP contribution in [0.25, 0.3) is 0 Å². The van der Waals surface area contributed by atoms with Gasteiger partial charge in [0.15, 0.2) is 5.17 Å². The van der Waals surface area contributed by atoms with E-state index in [4.69, 9.17) is 4.74 Å². The van der Waals surface area contributed by atoms with Gasteiger partial charge in [-0.25, -0.2) is 0 Å². The molecule has 1 saturated heterocycles. The van der Waals surface area contributed by atoms with Crippen LogP contribution in [0.5, 0.6) is 5.75 Å². The van der Waals surface area contributed by atoms with E-state index in [0.717, 1.165) is 16.9 Å². The van der Waals surface area contributed by atoms with Gasteiger partial charge in [0.1, 0.15) is 12.4 Å². The molecule has 24 heavy (non-hydrogen) atoms. The van der Waals surface area contributed by atoms with Crippen molar-refractivity contribution in [1.82, 2.24) is 5.32 Å². The van der Waals surface area contributed by atoms with Gasteiger partial charge in [-0.2, -0.15) is 5.10 Å². The number of amidine groups is 1. The third-order valence-electron chi connectivity index (χ3n) is 3.39. The Bertz CT molecular complexity index is 775. The molecule has 1 atom stereocenters. The Hall–Kier alpha value is -2.60. The number of hydrogen-bond acceptors (Lipinski definition) is 5. The van der Waals surface area contributed by atoms with Crippen LogP contribution < -0.4 is 10.1 Å². The molecule has 0 aliphatic carbocycles. The second kappa shape index (κ2) is 7.79. The van der Waals surface area contributed by atoms with Gasteiger partial charge in [0.25, 0.3) is 0 Å². The van der Waals surface area contributed by atoms with Crippen LogP contribution in [-0.4, -0.2) is 22.5 Å². The first-order valence-electron chi connectivity index (χ1n) is 7.56. The number of thioether (sulfide) groups is 1. The summed E-state index contributed by atoms with van der Waals surface area (Å²) in [4.78, 5) is 11.4. The van der Waals surface area contributed by atoms with Crippen molar-refractivity contribution in [2.75, 3.05) is 0 Å². The molecule has 0 radical (unpaired) electrons. The molecule has 122 valence electrons. The SMILES string of the molecule is CC1S/C(=N/N=Cc2ccccc2OCc2ccccc2)NC1=O. The number of benzene rings is 2. The van der Waals surface area contributed by atoms with Crippen LogP contribution in [0.2, 0.25) is 0 Å². The molecule has 1 aliphatic rings. The molecule has 6 heteroatoms. The minimum atomic E-state index is -0.125. The third-order valence-corrected chi connectivity index (χ3v) is 4.36. The summed E-state index contributed by atoms with van der Waals surface area (Å²) in [6, 6.07) is 17.6. The van der Waals surface area contributed by atoms with Gasteiger partial charge in [-0.05, 0) is 24.6 Å². The molecule has 1 fully saturated rings. The lowest BCUT2D eigenvalue weighted by atomic mass is 10.2. The van der Waals surface area contributed by atoms with Crippen molar-refractivity contribution in [2.45, 2.75) is 18.8 Å². The molecule has 1 aliphatic heterocycles. The van der Waals surface area contributed by atoms with Crippen LogP contribution in [0.3, 0.4) is 0 Å². The van der Waals surface area contributed by atoms with Crippen LogP contribution in [0, 0.1) is 0 Å². The summed E-state index contributed by atoms with van der Waals surface area (Å²) in [7, 11) is 0. The van der Waals surface area contributed by atoms with Crippen molar-refractivity contribution in [2.24, 2.45) is 10.2 Å². The topological polar surface area (TPSA) is 63.1 Å². The van der Waals surface area contributed by atoms with Gasteiger partial charge in [0, 0.05) is 5.56 Å². The zero-order chi connectivity index (χ0) is 16.8. The van der Waals surface area contributed by atoms with E-state index in [-0.39, 0.29) is 11.2 Å². The average Bonchev–Trinajstić information content (AvgIpc) is 2.93. The van der Waals surface area contributed by atoms with E-state index in [0.29, 0.717) is 11.8 Å². The highest BCUT2D eigenvalue weighted by Gasteiger charge is 2.25. The first-order valence-corrected chi connectivity index (χ1v) is 8.44. The molecule has 0 aromatic heterocycles. The van der Waals surface area contributed by atoms with Gasteiger partial charge in [-0.15, -0.1) is 5.10 Å². The van der Waals surface area contributed by atoms with E-state index in [1.165, 1.54) is 11.8 Å². The average molecular weight is 339 g/mol. The first kappa shape index (κ1) is 16.3. The van der Waals surface area contributed by atoms with Gasteiger partial charge < -0.3 is 10.1 Å². The summed E-state index contributed by atoms with van der Waals surface area (Å²) in [5.41, 5.74) is 1.93. The maximum Gasteiger partial charge on any atom is 0.239 e. The van der Waals surface area contributed by atoms with E-state index in [1.54, 1.807) is 6.21 Å². The van der Waals surface area contributed by atoms with E-state index in [1.807, 2.05) is 61.5 Å². The molecule has 2 aromatic rings. The van der Waals surface area contributed by atoms with Gasteiger partial charge in [0.2, 0.25) is 5.91 Å². The molecule has 0 bridgehead atoms. The second-order valence-electron chi connectivity index (χ2n) is 5.21. The minimum absolute atomic E-state index is 0.0412. The van der Waals surface area contributed by atoms with Crippen LogP contribution in [0.4, 0.5) is 0 Å². The van der Waals surface area contributed by atoms with Gasteiger partial charge in [-0.3, -0.25) is 4.79 Å². The Labute approximate surface area is 144 Å². The summed E-state index contributed by atoms with van der Waals surface area (Å²) in [5, 5.41) is 11.2. The van der Waals surface area contributed by atoms with Crippen molar-refractivity contribution < 1.29 is 9.53 Å². The Morgan fingerprint density at radius 1 is 1.17 bits per heavy atom. The van der Waals surface area contributed by atoms with E-state index in [9.17, 15) is 4.79 Å². The second-order valence-corrected chi connectivity index (χ2v) is 6.54. The lowest BCUT2D eigenvalue weighted by molar-refractivity contribution is -0.118. The van der Waals surface area contributed by atoms with Crippen molar-refractivity contribution in [1.29, 1.82) is 0 Å². The molecule has 1 N–H and O–H groups in total. The molecular formula is C18H17N3O2S. The minimum Gasteiger partial charge on any atom is -0.488 e. The number of para-hydroxylation sites is 1. The summed E-state index contributed by atoms with van der Waals surface area (Å²) < 4.78 is 5.87. The number of carbonyl (C=O) groups excluding carboxylic acids is 1. The van der Waals surface area contributed by atoms with Crippen molar-refractivity contribution in [3.8, 4) is 5.75 Å². The smallest absolute Gasteiger partial charge is 0.239 e. The Kier molecular flexibility index (Phi) is 5.28. The normalized spacial score (nSPS) is 19.0. The summed E-state index contributed by atoms with van der Waals surface area (Å²) >= 11 is 1.36. The molecule has 2 aromatic carbocycles. The summed E-state index contributed by atoms with van der Waals surface area (Å²) in [6.07, 6.45) is 1.63. The molecule has 5 nitrogen and oxygen atoms in total. The number of rotatable bonds is 5. The number of nitrogens with zero attached hydrogens (tertiary/aromatic N) is 2. The summed E-state index contributed by atoms with van der Waals surface area (Å²) in [6.45, 7) is 2.32. The lowest BCUT2D eigenvalue weighted by Crippen LogP contribution is -2.23. The fraction of sp³-hybridized carbons (Fsp3) is 0.167. The first-order chi connectivity index (χ1) is 11.7. The zero-order valence-corrected chi connectivity index (χ0v) is 14.0. The molecule has 0 saturated carbocycles. The van der Waals surface area contributed by atoms with Crippen molar-refractivity contribution in [3.63, 3.8) is 0 Å². The standard InChI is InChI=1S/C18H17N3O2S/c1-13-17(22)20-18(24-13)21-19-11-15-9-5-6-10-16(15)23-12-14-7-3-2-4-8-14/h2-11,13H,12H2,1H3,(H,20,21,22). The van der Waals surface area contributed by atoms with Crippen LogP contribution in [-0.2, 0) is 11.4 Å². The van der Waals surface area contributed by atoms with E-state index < -0.39 is 0 Å². The zero-order valence-electron chi connectivity index (χ0n) is 13.2. The molecule has 1 unspecified atom stereocenters. The van der Waals surface area contributed by atoms with Crippen LogP contribution in [0.15, 0.2) is 64.8 Å². The maximum atomic E-state index is 11.4. The highest BCUT2D eigenvalue weighted by Crippen LogP contribution is 2.19. The summed E-state index contributed by atoms with van der Waals surface area (Å²) in [5.74, 6) is 0.697. The predicted octanol–water partition coefficient (Wildman–Crippen LogP) is 3.21. The molecule has 0 spiro atoms. The third kappa shape index (κ3) is 4.23. The van der Waals surface area contributed by atoms with Gasteiger partial charge in [-0.1, -0.05) is 54.2 Å². The van der Waals surface area contributed by atoms with Crippen molar-refractivity contribution >= 4 is 29.1 Å². The lowest BCUT2D eigenvalue weighted by Gasteiger charge is -2.08. The van der Waals surface area contributed by atoms with E-state index in [2.05, 4.69) is 15.5 Å².